The van der Waals surface area contributed by atoms with E-state index < -0.39 is 5.82 Å². The number of halogens is 1. The molecule has 1 aliphatic heterocycles. The zero-order chi connectivity index (χ0) is 22.2. The van der Waals surface area contributed by atoms with Gasteiger partial charge in [0.25, 0.3) is 0 Å². The van der Waals surface area contributed by atoms with Gasteiger partial charge in [0.05, 0.1) is 24.5 Å². The number of aromatic nitrogens is 2. The molecule has 4 rings (SSSR count). The molecule has 162 valence electrons. The first-order chi connectivity index (χ1) is 14.7. The van der Waals surface area contributed by atoms with Crippen molar-refractivity contribution in [3.05, 3.63) is 53.5 Å². The molecule has 0 amide bonds. The molecule has 1 aromatic heterocycles. The quantitative estimate of drug-likeness (QED) is 0.513. The lowest BCUT2D eigenvalue weighted by Gasteiger charge is -2.33. The first-order valence-corrected chi connectivity index (χ1v) is 10.0. The fourth-order valence-corrected chi connectivity index (χ4v) is 3.41. The Kier molecular flexibility index (Phi) is 5.31. The highest BCUT2D eigenvalue weighted by atomic mass is 19.1. The van der Waals surface area contributed by atoms with Crippen molar-refractivity contribution in [2.75, 3.05) is 29.7 Å². The van der Waals surface area contributed by atoms with Gasteiger partial charge in [-0.25, -0.2) is 9.37 Å². The second kappa shape index (κ2) is 7.94. The number of anilines is 5. The Morgan fingerprint density at radius 3 is 2.71 bits per heavy atom. The summed E-state index contributed by atoms with van der Waals surface area (Å²) in [5.41, 5.74) is 4.12. The smallest absolute Gasteiger partial charge is 0.229 e. The molecule has 3 aromatic rings. The van der Waals surface area contributed by atoms with Crippen molar-refractivity contribution >= 4 is 28.8 Å². The third-order valence-electron chi connectivity index (χ3n) is 5.04. The Morgan fingerprint density at radius 1 is 1.13 bits per heavy atom. The Bertz CT molecular complexity index is 1130. The molecule has 0 atom stereocenters. The summed E-state index contributed by atoms with van der Waals surface area (Å²) in [6.45, 7) is 8.60. The third-order valence-corrected chi connectivity index (χ3v) is 5.04. The maximum Gasteiger partial charge on any atom is 0.229 e. The maximum absolute atomic E-state index is 14.4. The standard InChI is InChI=1S/C23H26FN5O2/c1-13-9-20(30-5)14(2)8-17(13)27-22-25-11-16(24)21(28-22)26-15-6-7-19-18(10-15)29-23(3,4)12-31-19/h6-11,29H,12H2,1-5H3,(H2,25,26,27,28). The normalized spacial score (nSPS) is 14.1. The molecule has 31 heavy (non-hydrogen) atoms. The van der Waals surface area contributed by atoms with Crippen LogP contribution < -0.4 is 25.4 Å². The zero-order valence-electron chi connectivity index (χ0n) is 18.3. The van der Waals surface area contributed by atoms with E-state index >= 15 is 0 Å². The highest BCUT2D eigenvalue weighted by Gasteiger charge is 2.25. The molecule has 0 radical (unpaired) electrons. The first-order valence-electron chi connectivity index (χ1n) is 10.0. The van der Waals surface area contributed by atoms with Crippen LogP contribution in [-0.2, 0) is 0 Å². The topological polar surface area (TPSA) is 80.3 Å². The highest BCUT2D eigenvalue weighted by molar-refractivity contribution is 5.70. The molecule has 0 saturated heterocycles. The van der Waals surface area contributed by atoms with Gasteiger partial charge in [0, 0.05) is 11.4 Å². The number of hydrogen-bond acceptors (Lipinski definition) is 7. The van der Waals surface area contributed by atoms with Gasteiger partial charge >= 0.3 is 0 Å². The summed E-state index contributed by atoms with van der Waals surface area (Å²) in [6, 6.07) is 9.43. The number of nitrogens with zero attached hydrogens (tertiary/aromatic N) is 2. The van der Waals surface area contributed by atoms with Crippen LogP contribution in [0, 0.1) is 19.7 Å². The SMILES string of the molecule is COc1cc(C)c(Nc2ncc(F)c(Nc3ccc4c(c3)NC(C)(C)CO4)n2)cc1C. The van der Waals surface area contributed by atoms with Crippen molar-refractivity contribution < 1.29 is 13.9 Å². The van der Waals surface area contributed by atoms with Crippen LogP contribution in [-0.4, -0.2) is 29.2 Å². The van der Waals surface area contributed by atoms with E-state index in [1.807, 2.05) is 44.2 Å². The molecule has 0 saturated carbocycles. The van der Waals surface area contributed by atoms with Crippen LogP contribution in [0.1, 0.15) is 25.0 Å². The van der Waals surface area contributed by atoms with E-state index in [2.05, 4.69) is 39.8 Å². The Labute approximate surface area is 181 Å². The predicted octanol–water partition coefficient (Wildman–Crippen LogP) is 5.31. The van der Waals surface area contributed by atoms with E-state index in [0.29, 0.717) is 12.3 Å². The van der Waals surface area contributed by atoms with Crippen molar-refractivity contribution in [3.8, 4) is 11.5 Å². The largest absolute Gasteiger partial charge is 0.496 e. The van der Waals surface area contributed by atoms with Crippen LogP contribution in [0.5, 0.6) is 11.5 Å². The molecule has 3 N–H and O–H groups in total. The minimum atomic E-state index is -0.546. The number of hydrogen-bond donors (Lipinski definition) is 3. The molecule has 0 aliphatic carbocycles. The average molecular weight is 423 g/mol. The fourth-order valence-electron chi connectivity index (χ4n) is 3.41. The first kappa shape index (κ1) is 20.7. The molecule has 1 aliphatic rings. The average Bonchev–Trinajstić information content (AvgIpc) is 2.72. The lowest BCUT2D eigenvalue weighted by molar-refractivity contribution is 0.242. The summed E-state index contributed by atoms with van der Waals surface area (Å²) in [7, 11) is 1.64. The second-order valence-electron chi connectivity index (χ2n) is 8.29. The van der Waals surface area contributed by atoms with Crippen LogP contribution in [0.25, 0.3) is 0 Å². The van der Waals surface area contributed by atoms with Crippen LogP contribution in [0.2, 0.25) is 0 Å². The summed E-state index contributed by atoms with van der Waals surface area (Å²) in [6.07, 6.45) is 1.15. The van der Waals surface area contributed by atoms with Gasteiger partial charge in [-0.05, 0) is 69.2 Å². The van der Waals surface area contributed by atoms with Crippen LogP contribution in [0.4, 0.5) is 33.2 Å². The third kappa shape index (κ3) is 4.47. The summed E-state index contributed by atoms with van der Waals surface area (Å²) in [5.74, 6) is 1.39. The molecule has 8 heteroatoms. The van der Waals surface area contributed by atoms with E-state index in [9.17, 15) is 4.39 Å². The van der Waals surface area contributed by atoms with Crippen LogP contribution >= 0.6 is 0 Å². The highest BCUT2D eigenvalue weighted by Crippen LogP contribution is 2.35. The minimum absolute atomic E-state index is 0.0799. The molecule has 0 unspecified atom stereocenters. The van der Waals surface area contributed by atoms with Gasteiger partial charge in [0.2, 0.25) is 5.95 Å². The van der Waals surface area contributed by atoms with Crippen molar-refractivity contribution in [1.82, 2.24) is 9.97 Å². The monoisotopic (exact) mass is 423 g/mol. The lowest BCUT2D eigenvalue weighted by atomic mass is 10.0. The Morgan fingerprint density at radius 2 is 1.94 bits per heavy atom. The lowest BCUT2D eigenvalue weighted by Crippen LogP contribution is -2.40. The molecule has 7 nitrogen and oxygen atoms in total. The van der Waals surface area contributed by atoms with Crippen molar-refractivity contribution in [2.45, 2.75) is 33.2 Å². The van der Waals surface area contributed by atoms with E-state index in [0.717, 1.165) is 40.2 Å². The van der Waals surface area contributed by atoms with Crippen LogP contribution in [0.3, 0.4) is 0 Å². The van der Waals surface area contributed by atoms with Crippen molar-refractivity contribution in [3.63, 3.8) is 0 Å². The van der Waals surface area contributed by atoms with Crippen molar-refractivity contribution in [1.29, 1.82) is 0 Å². The molecule has 2 aromatic carbocycles. The van der Waals surface area contributed by atoms with E-state index in [1.165, 1.54) is 0 Å². The number of ether oxygens (including phenoxy) is 2. The van der Waals surface area contributed by atoms with Gasteiger partial charge in [-0.15, -0.1) is 0 Å². The zero-order valence-corrected chi connectivity index (χ0v) is 18.3. The summed E-state index contributed by atoms with van der Waals surface area (Å²) >= 11 is 0. The fraction of sp³-hybridized carbons (Fsp3) is 0.304. The predicted molar refractivity (Wildman–Crippen MR) is 121 cm³/mol. The van der Waals surface area contributed by atoms with Gasteiger partial charge in [0.15, 0.2) is 11.6 Å². The van der Waals surface area contributed by atoms with Gasteiger partial charge in [-0.2, -0.15) is 4.98 Å². The molecular weight excluding hydrogens is 397 g/mol. The molecular formula is C23H26FN5O2. The Balaban J connectivity index is 1.57. The van der Waals surface area contributed by atoms with Gasteiger partial charge in [0.1, 0.15) is 18.1 Å². The number of rotatable bonds is 5. The van der Waals surface area contributed by atoms with Gasteiger partial charge in [-0.1, -0.05) is 0 Å². The summed E-state index contributed by atoms with van der Waals surface area (Å²) < 4.78 is 25.6. The number of benzene rings is 2. The van der Waals surface area contributed by atoms with Gasteiger partial charge < -0.3 is 25.4 Å². The summed E-state index contributed by atoms with van der Waals surface area (Å²) in [5, 5.41) is 9.63. The number of nitrogens with one attached hydrogen (secondary N) is 3. The van der Waals surface area contributed by atoms with E-state index in [1.54, 1.807) is 7.11 Å². The van der Waals surface area contributed by atoms with E-state index in [-0.39, 0.29) is 17.3 Å². The molecule has 0 fully saturated rings. The van der Waals surface area contributed by atoms with Gasteiger partial charge in [-0.3, -0.25) is 0 Å². The maximum atomic E-state index is 14.4. The number of aryl methyl sites for hydroxylation is 2. The Hall–Kier alpha value is -3.55. The minimum Gasteiger partial charge on any atom is -0.496 e. The molecule has 0 spiro atoms. The molecule has 0 bridgehead atoms. The molecule has 2 heterocycles. The van der Waals surface area contributed by atoms with Crippen LogP contribution in [0.15, 0.2) is 36.5 Å². The second-order valence-corrected chi connectivity index (χ2v) is 8.29. The number of methoxy groups -OCH3 is 1. The van der Waals surface area contributed by atoms with Crippen molar-refractivity contribution in [2.24, 2.45) is 0 Å². The number of fused-ring (bicyclic) bond motifs is 1. The summed E-state index contributed by atoms with van der Waals surface area (Å²) in [4.78, 5) is 8.40. The van der Waals surface area contributed by atoms with E-state index in [4.69, 9.17) is 9.47 Å².